The molecule has 2 rings (SSSR count). The van der Waals surface area contributed by atoms with Gasteiger partial charge in [0.25, 0.3) is 6.43 Å². The molecule has 0 aliphatic carbocycles. The van der Waals surface area contributed by atoms with Crippen molar-refractivity contribution in [1.29, 1.82) is 0 Å². The summed E-state index contributed by atoms with van der Waals surface area (Å²) >= 11 is 0. The van der Waals surface area contributed by atoms with Crippen LogP contribution in [0.1, 0.15) is 22.7 Å². The maximum Gasteiger partial charge on any atom is 0.416 e. The van der Waals surface area contributed by atoms with Crippen molar-refractivity contribution in [2.24, 2.45) is 0 Å². The topological polar surface area (TPSA) is 15.3 Å². The number of halogens is 10. The first kappa shape index (κ1) is 25.2. The van der Waals surface area contributed by atoms with Crippen LogP contribution < -0.4 is 5.32 Å². The lowest BCUT2D eigenvalue weighted by molar-refractivity contribution is -0.144. The lowest BCUT2D eigenvalue weighted by Gasteiger charge is -2.35. The largest absolute Gasteiger partial charge is 0.416 e. The van der Waals surface area contributed by atoms with E-state index in [0.29, 0.717) is 25.2 Å². The Balaban J connectivity index is 0.00000312. The second-order valence-electron chi connectivity index (χ2n) is 5.36. The first-order valence-electron chi connectivity index (χ1n) is 7.03. The number of hydrogen-bond donors (Lipinski definition) is 1. The van der Waals surface area contributed by atoms with Gasteiger partial charge in [-0.2, -0.15) is 26.3 Å². The predicted octanol–water partition coefficient (Wildman–Crippen LogP) is 4.78. The zero-order chi connectivity index (χ0) is 18.1. The Morgan fingerprint density at radius 3 is 1.85 bits per heavy atom. The van der Waals surface area contributed by atoms with Crippen LogP contribution in [0.4, 0.5) is 35.1 Å². The molecule has 2 nitrogen and oxygen atoms in total. The summed E-state index contributed by atoms with van der Waals surface area (Å²) in [7, 11) is 0. The van der Waals surface area contributed by atoms with Crippen LogP contribution in [0.5, 0.6) is 0 Å². The summed E-state index contributed by atoms with van der Waals surface area (Å²) in [4.78, 5) is 1.15. The van der Waals surface area contributed by atoms with Gasteiger partial charge in [0.2, 0.25) is 0 Å². The van der Waals surface area contributed by atoms with Gasteiger partial charge in [-0.1, -0.05) is 6.07 Å². The quantitative estimate of drug-likeness (QED) is 0.688. The van der Waals surface area contributed by atoms with E-state index in [0.717, 1.165) is 4.90 Å². The predicted molar refractivity (Wildman–Crippen MR) is 84.1 cm³/mol. The van der Waals surface area contributed by atoms with Gasteiger partial charge in [0.1, 0.15) is 0 Å². The van der Waals surface area contributed by atoms with Crippen LogP contribution >= 0.6 is 24.8 Å². The summed E-state index contributed by atoms with van der Waals surface area (Å²) < 4.78 is 104. The van der Waals surface area contributed by atoms with E-state index in [-0.39, 0.29) is 44.0 Å². The first-order valence-corrected chi connectivity index (χ1v) is 7.03. The third kappa shape index (κ3) is 5.83. The third-order valence-electron chi connectivity index (χ3n) is 3.79. The molecule has 0 amide bonds. The summed E-state index contributed by atoms with van der Waals surface area (Å²) in [6.45, 7) is 0.775. The van der Waals surface area contributed by atoms with Crippen molar-refractivity contribution < 1.29 is 35.1 Å². The fourth-order valence-electron chi connectivity index (χ4n) is 2.69. The average molecular weight is 435 g/mol. The minimum Gasteiger partial charge on any atom is -0.314 e. The van der Waals surface area contributed by atoms with Crippen LogP contribution in [0.25, 0.3) is 0 Å². The molecule has 1 heterocycles. The summed E-state index contributed by atoms with van der Waals surface area (Å²) in [6, 6.07) is -1.11. The van der Waals surface area contributed by atoms with Crippen LogP contribution in [0.2, 0.25) is 0 Å². The molecule has 1 aliphatic heterocycles. The summed E-state index contributed by atoms with van der Waals surface area (Å²) in [5.74, 6) is 0. The molecule has 152 valence electrons. The average Bonchev–Trinajstić information content (AvgIpc) is 2.46. The first-order chi connectivity index (χ1) is 11.0. The molecule has 1 N–H and O–H groups in total. The van der Waals surface area contributed by atoms with E-state index in [1.165, 1.54) is 0 Å². The van der Waals surface area contributed by atoms with E-state index < -0.39 is 41.5 Å². The third-order valence-corrected chi connectivity index (χ3v) is 3.79. The molecule has 12 heteroatoms. The summed E-state index contributed by atoms with van der Waals surface area (Å²) in [5.41, 5.74) is -4.04. The van der Waals surface area contributed by atoms with Crippen LogP contribution in [0.3, 0.4) is 0 Å². The highest BCUT2D eigenvalue weighted by Crippen LogP contribution is 2.41. The van der Waals surface area contributed by atoms with Gasteiger partial charge in [-0.15, -0.1) is 24.8 Å². The number of piperazine rings is 1. The number of rotatable bonds is 3. The molecule has 0 aromatic heterocycles. The van der Waals surface area contributed by atoms with E-state index in [2.05, 4.69) is 5.32 Å². The maximum absolute atomic E-state index is 13.4. The second-order valence-corrected chi connectivity index (χ2v) is 5.36. The van der Waals surface area contributed by atoms with Crippen LogP contribution in [-0.2, 0) is 12.4 Å². The fourth-order valence-corrected chi connectivity index (χ4v) is 2.69. The Kier molecular flexibility index (Phi) is 9.08. The molecule has 0 unspecified atom stereocenters. The lowest BCUT2D eigenvalue weighted by Crippen LogP contribution is -2.47. The van der Waals surface area contributed by atoms with Gasteiger partial charge in [-0.3, -0.25) is 4.90 Å². The molecule has 1 aromatic rings. The molecule has 1 fully saturated rings. The van der Waals surface area contributed by atoms with Crippen molar-refractivity contribution in [3.8, 4) is 0 Å². The zero-order valence-corrected chi connectivity index (χ0v) is 14.6. The molecule has 1 aliphatic rings. The van der Waals surface area contributed by atoms with E-state index in [9.17, 15) is 35.1 Å². The Bertz CT molecular complexity index is 571. The SMILES string of the molecule is Cl.Cl.FC(F)[C@H](c1ccc(C(F)(F)F)cc1C(F)(F)F)N1CCNCC1. The molecule has 0 saturated carbocycles. The number of hydrogen-bond acceptors (Lipinski definition) is 2. The van der Waals surface area contributed by atoms with Crippen molar-refractivity contribution >= 4 is 24.8 Å². The van der Waals surface area contributed by atoms with Gasteiger partial charge < -0.3 is 5.32 Å². The van der Waals surface area contributed by atoms with Crippen LogP contribution in [-0.4, -0.2) is 37.5 Å². The zero-order valence-electron chi connectivity index (χ0n) is 13.0. The highest BCUT2D eigenvalue weighted by atomic mass is 35.5. The minimum absolute atomic E-state index is 0. The van der Waals surface area contributed by atoms with Crippen molar-refractivity contribution in [3.63, 3.8) is 0 Å². The highest BCUT2D eigenvalue weighted by molar-refractivity contribution is 5.85. The van der Waals surface area contributed by atoms with Crippen molar-refractivity contribution in [2.45, 2.75) is 24.8 Å². The number of nitrogens with one attached hydrogen (secondary N) is 1. The molecule has 1 saturated heterocycles. The molecular formula is C14H16Cl2F8N2. The molecule has 0 spiro atoms. The van der Waals surface area contributed by atoms with E-state index in [1.54, 1.807) is 0 Å². The normalized spacial score (nSPS) is 17.4. The van der Waals surface area contributed by atoms with E-state index in [4.69, 9.17) is 0 Å². The standard InChI is InChI=1S/C14H14F8N2.2ClH/c15-12(16)11(24-5-3-23-4-6-24)9-2-1-8(13(17,18)19)7-10(9)14(20,21)22;;/h1-2,7,11-12,23H,3-6H2;2*1H/t11-;;/m0../s1. The Morgan fingerprint density at radius 2 is 1.42 bits per heavy atom. The number of benzene rings is 1. The number of nitrogens with zero attached hydrogens (tertiary/aromatic N) is 1. The number of alkyl halides is 8. The van der Waals surface area contributed by atoms with Crippen molar-refractivity contribution in [3.05, 3.63) is 34.9 Å². The molecule has 0 bridgehead atoms. The Morgan fingerprint density at radius 1 is 0.885 bits per heavy atom. The molecular weight excluding hydrogens is 419 g/mol. The molecule has 26 heavy (non-hydrogen) atoms. The van der Waals surface area contributed by atoms with Gasteiger partial charge in [0.05, 0.1) is 17.2 Å². The molecule has 1 aromatic carbocycles. The van der Waals surface area contributed by atoms with Gasteiger partial charge >= 0.3 is 12.4 Å². The second kappa shape index (κ2) is 9.38. The van der Waals surface area contributed by atoms with E-state index in [1.807, 2.05) is 0 Å². The fraction of sp³-hybridized carbons (Fsp3) is 0.571. The summed E-state index contributed by atoms with van der Waals surface area (Å²) in [6.07, 6.45) is -13.3. The Hall–Kier alpha value is -0.840. The van der Waals surface area contributed by atoms with E-state index >= 15 is 0 Å². The maximum atomic E-state index is 13.4. The minimum atomic E-state index is -5.17. The molecule has 0 radical (unpaired) electrons. The smallest absolute Gasteiger partial charge is 0.314 e. The monoisotopic (exact) mass is 434 g/mol. The van der Waals surface area contributed by atoms with Gasteiger partial charge in [0.15, 0.2) is 0 Å². The van der Waals surface area contributed by atoms with Gasteiger partial charge in [-0.05, 0) is 17.7 Å². The molecule has 1 atom stereocenters. The Labute approximate surface area is 156 Å². The highest BCUT2D eigenvalue weighted by Gasteiger charge is 2.42. The van der Waals surface area contributed by atoms with Crippen LogP contribution in [0.15, 0.2) is 18.2 Å². The van der Waals surface area contributed by atoms with Crippen molar-refractivity contribution in [2.75, 3.05) is 26.2 Å². The van der Waals surface area contributed by atoms with Gasteiger partial charge in [-0.25, -0.2) is 8.78 Å². The van der Waals surface area contributed by atoms with Crippen molar-refractivity contribution in [1.82, 2.24) is 10.2 Å². The van der Waals surface area contributed by atoms with Gasteiger partial charge in [0, 0.05) is 26.2 Å². The lowest BCUT2D eigenvalue weighted by atomic mass is 9.95. The van der Waals surface area contributed by atoms with Crippen LogP contribution in [0, 0.1) is 0 Å². The summed E-state index contributed by atoms with van der Waals surface area (Å²) in [5, 5.41) is 2.88.